The van der Waals surface area contributed by atoms with E-state index in [9.17, 15) is 9.59 Å². The highest BCUT2D eigenvalue weighted by atomic mass is 16.5. The van der Waals surface area contributed by atoms with Crippen molar-refractivity contribution in [3.05, 3.63) is 58.8 Å². The van der Waals surface area contributed by atoms with Crippen molar-refractivity contribution in [3.8, 4) is 11.5 Å². The molecule has 0 bridgehead atoms. The lowest BCUT2D eigenvalue weighted by Gasteiger charge is -2.13. The molecule has 0 saturated carbocycles. The van der Waals surface area contributed by atoms with Crippen LogP contribution in [0.3, 0.4) is 0 Å². The molecule has 0 heterocycles. The third kappa shape index (κ3) is 5.34. The number of carbonyl (C=O) groups excluding carboxylic acids is 2. The number of rotatable bonds is 6. The predicted molar refractivity (Wildman–Crippen MR) is 106 cm³/mol. The van der Waals surface area contributed by atoms with Gasteiger partial charge < -0.3 is 20.1 Å². The van der Waals surface area contributed by atoms with Crippen LogP contribution in [-0.2, 0) is 9.59 Å². The van der Waals surface area contributed by atoms with Crippen LogP contribution in [0.25, 0.3) is 6.08 Å². The second-order valence-corrected chi connectivity index (χ2v) is 6.13. The summed E-state index contributed by atoms with van der Waals surface area (Å²) in [5, 5.41) is 5.44. The molecule has 2 N–H and O–H groups in total. The standard InChI is InChI=1S/C21H24N2O4/c1-13-6-7-14(2)17(10-13)23-21(25)18(22-15(3)24)11-16-8-9-19(26-4)20(12-16)27-5/h6-12H,1-5H3,(H,22,24)(H,23,25)/b18-11+. The highest BCUT2D eigenvalue weighted by Gasteiger charge is 2.14. The van der Waals surface area contributed by atoms with Crippen molar-refractivity contribution < 1.29 is 19.1 Å². The molecule has 0 saturated heterocycles. The summed E-state index contributed by atoms with van der Waals surface area (Å²) < 4.78 is 10.5. The van der Waals surface area contributed by atoms with E-state index in [1.54, 1.807) is 31.4 Å². The summed E-state index contributed by atoms with van der Waals surface area (Å²) in [5.41, 5.74) is 3.48. The molecule has 6 heteroatoms. The number of hydrogen-bond acceptors (Lipinski definition) is 4. The first-order valence-corrected chi connectivity index (χ1v) is 8.44. The van der Waals surface area contributed by atoms with Gasteiger partial charge in [0.05, 0.1) is 14.2 Å². The molecule has 0 aliphatic heterocycles. The zero-order chi connectivity index (χ0) is 20.0. The maximum atomic E-state index is 12.7. The Hall–Kier alpha value is -3.28. The number of ether oxygens (including phenoxy) is 2. The van der Waals surface area contributed by atoms with Gasteiger partial charge in [0.15, 0.2) is 11.5 Å². The van der Waals surface area contributed by atoms with Gasteiger partial charge >= 0.3 is 0 Å². The number of aryl methyl sites for hydroxylation is 2. The molecule has 0 aliphatic carbocycles. The molecule has 2 aromatic rings. The van der Waals surface area contributed by atoms with Crippen molar-refractivity contribution >= 4 is 23.6 Å². The molecule has 0 unspecified atom stereocenters. The number of nitrogens with one attached hydrogen (secondary N) is 2. The van der Waals surface area contributed by atoms with Crippen LogP contribution in [0.2, 0.25) is 0 Å². The van der Waals surface area contributed by atoms with E-state index in [1.807, 2.05) is 32.0 Å². The second kappa shape index (κ2) is 8.89. The van der Waals surface area contributed by atoms with Gasteiger partial charge in [0, 0.05) is 12.6 Å². The number of amides is 2. The van der Waals surface area contributed by atoms with Crippen molar-refractivity contribution in [1.29, 1.82) is 0 Å². The summed E-state index contributed by atoms with van der Waals surface area (Å²) in [7, 11) is 3.08. The molecule has 142 valence electrons. The maximum Gasteiger partial charge on any atom is 0.272 e. The minimum atomic E-state index is -0.409. The highest BCUT2D eigenvalue weighted by molar-refractivity contribution is 6.08. The molecule has 0 atom stereocenters. The maximum absolute atomic E-state index is 12.7. The van der Waals surface area contributed by atoms with Gasteiger partial charge in [0.25, 0.3) is 5.91 Å². The van der Waals surface area contributed by atoms with Gasteiger partial charge in [0.1, 0.15) is 5.70 Å². The van der Waals surface area contributed by atoms with E-state index >= 15 is 0 Å². The largest absolute Gasteiger partial charge is 0.493 e. The number of methoxy groups -OCH3 is 2. The predicted octanol–water partition coefficient (Wildman–Crippen LogP) is 3.44. The van der Waals surface area contributed by atoms with Gasteiger partial charge in [-0.1, -0.05) is 18.2 Å². The van der Waals surface area contributed by atoms with Crippen molar-refractivity contribution in [1.82, 2.24) is 5.32 Å². The monoisotopic (exact) mass is 368 g/mol. The molecule has 6 nitrogen and oxygen atoms in total. The minimum absolute atomic E-state index is 0.135. The summed E-state index contributed by atoms with van der Waals surface area (Å²) in [4.78, 5) is 24.3. The first-order valence-electron chi connectivity index (χ1n) is 8.44. The summed E-state index contributed by atoms with van der Waals surface area (Å²) in [6, 6.07) is 11.0. The van der Waals surface area contributed by atoms with Gasteiger partial charge in [-0.25, -0.2) is 0 Å². The minimum Gasteiger partial charge on any atom is -0.493 e. The van der Waals surface area contributed by atoms with Crippen LogP contribution in [0.15, 0.2) is 42.1 Å². The van der Waals surface area contributed by atoms with Crippen LogP contribution >= 0.6 is 0 Å². The first-order chi connectivity index (χ1) is 12.8. The Bertz CT molecular complexity index is 888. The fourth-order valence-corrected chi connectivity index (χ4v) is 2.52. The van der Waals surface area contributed by atoms with Crippen molar-refractivity contribution in [3.63, 3.8) is 0 Å². The molecular weight excluding hydrogens is 344 g/mol. The third-order valence-electron chi connectivity index (χ3n) is 3.92. The lowest BCUT2D eigenvalue weighted by Crippen LogP contribution is -2.29. The van der Waals surface area contributed by atoms with Crippen molar-refractivity contribution in [2.75, 3.05) is 19.5 Å². The van der Waals surface area contributed by atoms with E-state index in [2.05, 4.69) is 10.6 Å². The van der Waals surface area contributed by atoms with E-state index < -0.39 is 5.91 Å². The third-order valence-corrected chi connectivity index (χ3v) is 3.92. The van der Waals surface area contributed by atoms with Crippen LogP contribution in [-0.4, -0.2) is 26.0 Å². The Kier molecular flexibility index (Phi) is 6.60. The van der Waals surface area contributed by atoms with Crippen LogP contribution in [0.1, 0.15) is 23.6 Å². The van der Waals surface area contributed by atoms with Crippen molar-refractivity contribution in [2.45, 2.75) is 20.8 Å². The number of anilines is 1. The molecule has 0 fully saturated rings. The molecule has 0 aliphatic rings. The Morgan fingerprint density at radius 3 is 2.30 bits per heavy atom. The average molecular weight is 368 g/mol. The van der Waals surface area contributed by atoms with E-state index in [0.29, 0.717) is 22.7 Å². The average Bonchev–Trinajstić information content (AvgIpc) is 2.63. The second-order valence-electron chi connectivity index (χ2n) is 6.13. The molecule has 2 amide bonds. The quantitative estimate of drug-likeness (QED) is 0.766. The van der Waals surface area contributed by atoms with Crippen LogP contribution in [0, 0.1) is 13.8 Å². The Morgan fingerprint density at radius 1 is 0.963 bits per heavy atom. The number of benzene rings is 2. The summed E-state index contributed by atoms with van der Waals surface area (Å²) in [6.07, 6.45) is 1.59. The van der Waals surface area contributed by atoms with Gasteiger partial charge in [0.2, 0.25) is 5.91 Å². The zero-order valence-electron chi connectivity index (χ0n) is 16.2. The lowest BCUT2D eigenvalue weighted by atomic mass is 10.1. The Labute approximate surface area is 159 Å². The molecule has 2 aromatic carbocycles. The van der Waals surface area contributed by atoms with Crippen LogP contribution in [0.4, 0.5) is 5.69 Å². The van der Waals surface area contributed by atoms with Gasteiger partial charge in [-0.3, -0.25) is 9.59 Å². The molecular formula is C21H24N2O4. The molecule has 0 spiro atoms. The topological polar surface area (TPSA) is 76.7 Å². The Morgan fingerprint density at radius 2 is 1.67 bits per heavy atom. The summed E-state index contributed by atoms with van der Waals surface area (Å²) >= 11 is 0. The fraction of sp³-hybridized carbons (Fsp3) is 0.238. The van der Waals surface area contributed by atoms with Gasteiger partial charge in [-0.05, 0) is 54.8 Å². The van der Waals surface area contributed by atoms with Crippen LogP contribution in [0.5, 0.6) is 11.5 Å². The van der Waals surface area contributed by atoms with E-state index in [1.165, 1.54) is 14.0 Å². The van der Waals surface area contributed by atoms with Crippen LogP contribution < -0.4 is 20.1 Å². The normalized spacial score (nSPS) is 10.9. The van der Waals surface area contributed by atoms with E-state index in [-0.39, 0.29) is 11.6 Å². The van der Waals surface area contributed by atoms with E-state index in [4.69, 9.17) is 9.47 Å². The van der Waals surface area contributed by atoms with Gasteiger partial charge in [-0.15, -0.1) is 0 Å². The number of carbonyl (C=O) groups is 2. The number of hydrogen-bond donors (Lipinski definition) is 2. The SMILES string of the molecule is COc1ccc(/C=C(/NC(C)=O)C(=O)Nc2cc(C)ccc2C)cc1OC. The van der Waals surface area contributed by atoms with Gasteiger partial charge in [-0.2, -0.15) is 0 Å². The lowest BCUT2D eigenvalue weighted by molar-refractivity contribution is -0.120. The summed E-state index contributed by atoms with van der Waals surface area (Å²) in [5.74, 6) is 0.366. The first kappa shape index (κ1) is 20.0. The highest BCUT2D eigenvalue weighted by Crippen LogP contribution is 2.28. The van der Waals surface area contributed by atoms with Crippen molar-refractivity contribution in [2.24, 2.45) is 0 Å². The molecule has 0 radical (unpaired) electrons. The smallest absolute Gasteiger partial charge is 0.272 e. The fourth-order valence-electron chi connectivity index (χ4n) is 2.52. The molecule has 2 rings (SSSR count). The Balaban J connectivity index is 2.36. The zero-order valence-corrected chi connectivity index (χ0v) is 16.2. The van der Waals surface area contributed by atoms with E-state index in [0.717, 1.165) is 11.1 Å². The molecule has 0 aromatic heterocycles. The summed E-state index contributed by atoms with van der Waals surface area (Å²) in [6.45, 7) is 5.21. The molecule has 27 heavy (non-hydrogen) atoms.